The molecule has 6 nitrogen and oxygen atoms in total. The van der Waals surface area contributed by atoms with Crippen molar-refractivity contribution in [3.05, 3.63) is 53.2 Å². The maximum Gasteiger partial charge on any atom is 0.252 e. The molecule has 2 heterocycles. The number of carbonyl (C=O) groups excluding carboxylic acids is 1. The molecule has 1 saturated carbocycles. The molecule has 1 aliphatic carbocycles. The fourth-order valence-electron chi connectivity index (χ4n) is 3.44. The summed E-state index contributed by atoms with van der Waals surface area (Å²) in [5.41, 5.74) is 3.57. The van der Waals surface area contributed by atoms with Gasteiger partial charge in [0, 0.05) is 18.1 Å². The fraction of sp³-hybridized carbons (Fsp3) is 0.400. The van der Waals surface area contributed by atoms with Crippen LogP contribution in [0.2, 0.25) is 0 Å². The average molecular weight is 349 g/mol. The topological polar surface area (TPSA) is 72.7 Å². The first kappa shape index (κ1) is 16.7. The molecule has 0 bridgehead atoms. The van der Waals surface area contributed by atoms with Crippen LogP contribution in [0.5, 0.6) is 0 Å². The van der Waals surface area contributed by atoms with Crippen molar-refractivity contribution in [3.8, 4) is 0 Å². The molecule has 3 aromatic rings. The van der Waals surface area contributed by atoms with Gasteiger partial charge >= 0.3 is 0 Å². The molecule has 1 amide bonds. The number of nitrogens with one attached hydrogen (secondary N) is 1. The molecule has 2 aromatic heterocycles. The summed E-state index contributed by atoms with van der Waals surface area (Å²) in [7, 11) is 1.86. The molecule has 4 rings (SSSR count). The molecule has 0 aliphatic heterocycles. The molecule has 1 aliphatic rings. The maximum absolute atomic E-state index is 13.2. The number of hydrogen-bond acceptors (Lipinski definition) is 4. The summed E-state index contributed by atoms with van der Waals surface area (Å²) in [5.74, 6) is 1.17. The van der Waals surface area contributed by atoms with Gasteiger partial charge in [-0.25, -0.2) is 4.98 Å². The predicted molar refractivity (Wildman–Crippen MR) is 99.8 cm³/mol. The maximum atomic E-state index is 13.2. The van der Waals surface area contributed by atoms with Crippen molar-refractivity contribution in [2.45, 2.75) is 39.2 Å². The first-order valence-corrected chi connectivity index (χ1v) is 9.12. The van der Waals surface area contributed by atoms with Gasteiger partial charge in [0.2, 0.25) is 0 Å². The van der Waals surface area contributed by atoms with E-state index in [4.69, 9.17) is 0 Å². The number of aryl methyl sites for hydroxylation is 3. The second-order valence-electron chi connectivity index (χ2n) is 7.05. The standard InChI is InChI=1S/C20H23N5O/c1-4-13-5-8-17-15(10-13)16(9-12(2)23-17)20(26)24-18(14-6-7-14)19-21-11-22-25(19)3/h5,8-11,14,18H,4,6-7H2,1-3H3,(H,24,26)/t18-/m0/s1. The van der Waals surface area contributed by atoms with Crippen LogP contribution >= 0.6 is 0 Å². The number of rotatable bonds is 5. The minimum atomic E-state index is -0.104. The zero-order chi connectivity index (χ0) is 18.3. The lowest BCUT2D eigenvalue weighted by Crippen LogP contribution is -2.32. The van der Waals surface area contributed by atoms with Crippen molar-refractivity contribution in [3.63, 3.8) is 0 Å². The number of fused-ring (bicyclic) bond motifs is 1. The van der Waals surface area contributed by atoms with Gasteiger partial charge in [0.15, 0.2) is 0 Å². The normalized spacial score (nSPS) is 15.2. The molecule has 0 saturated heterocycles. The lowest BCUT2D eigenvalue weighted by atomic mass is 10.0. The largest absolute Gasteiger partial charge is 0.342 e. The highest BCUT2D eigenvalue weighted by atomic mass is 16.1. The number of pyridine rings is 1. The number of carbonyl (C=O) groups is 1. The van der Waals surface area contributed by atoms with Gasteiger partial charge in [0.1, 0.15) is 12.2 Å². The van der Waals surface area contributed by atoms with Crippen LogP contribution in [0.25, 0.3) is 10.9 Å². The molecular formula is C20H23N5O. The third kappa shape index (κ3) is 3.07. The predicted octanol–water partition coefficient (Wildman–Crippen LogP) is 3.12. The van der Waals surface area contributed by atoms with E-state index in [0.717, 1.165) is 41.7 Å². The average Bonchev–Trinajstić information content (AvgIpc) is 3.39. The van der Waals surface area contributed by atoms with E-state index in [1.54, 1.807) is 4.68 Å². The van der Waals surface area contributed by atoms with Crippen LogP contribution in [0, 0.1) is 12.8 Å². The van der Waals surface area contributed by atoms with Crippen LogP contribution in [0.3, 0.4) is 0 Å². The first-order chi connectivity index (χ1) is 12.6. The Labute approximate surface area is 152 Å². The van der Waals surface area contributed by atoms with Crippen molar-refractivity contribution >= 4 is 16.8 Å². The Hall–Kier alpha value is -2.76. The highest BCUT2D eigenvalue weighted by Crippen LogP contribution is 2.40. The fourth-order valence-corrected chi connectivity index (χ4v) is 3.44. The SMILES string of the molecule is CCc1ccc2nc(C)cc(C(=O)N[C@H](c3ncnn3C)C3CC3)c2c1. The molecule has 26 heavy (non-hydrogen) atoms. The third-order valence-electron chi connectivity index (χ3n) is 5.06. The van der Waals surface area contributed by atoms with Crippen LogP contribution in [0.4, 0.5) is 0 Å². The van der Waals surface area contributed by atoms with E-state index in [-0.39, 0.29) is 11.9 Å². The summed E-state index contributed by atoms with van der Waals surface area (Å²) in [4.78, 5) is 22.1. The second-order valence-corrected chi connectivity index (χ2v) is 7.05. The Morgan fingerprint density at radius 1 is 1.35 bits per heavy atom. The second kappa shape index (κ2) is 6.52. The van der Waals surface area contributed by atoms with Crippen molar-refractivity contribution in [2.24, 2.45) is 13.0 Å². The first-order valence-electron chi connectivity index (χ1n) is 9.12. The number of benzene rings is 1. The quantitative estimate of drug-likeness (QED) is 0.768. The number of aromatic nitrogens is 4. The van der Waals surface area contributed by atoms with Crippen LogP contribution in [0.15, 0.2) is 30.6 Å². The van der Waals surface area contributed by atoms with E-state index in [1.807, 2.05) is 26.1 Å². The van der Waals surface area contributed by atoms with Gasteiger partial charge in [0.25, 0.3) is 5.91 Å². The zero-order valence-corrected chi connectivity index (χ0v) is 15.4. The van der Waals surface area contributed by atoms with Crippen LogP contribution in [-0.4, -0.2) is 25.7 Å². The van der Waals surface area contributed by atoms with Crippen molar-refractivity contribution in [2.75, 3.05) is 0 Å². The Morgan fingerprint density at radius 2 is 2.15 bits per heavy atom. The number of hydrogen-bond donors (Lipinski definition) is 1. The van der Waals surface area contributed by atoms with Crippen LogP contribution in [-0.2, 0) is 13.5 Å². The van der Waals surface area contributed by atoms with E-state index >= 15 is 0 Å². The van der Waals surface area contributed by atoms with Gasteiger partial charge in [0.05, 0.1) is 17.1 Å². The van der Waals surface area contributed by atoms with Crippen molar-refractivity contribution in [1.82, 2.24) is 25.1 Å². The van der Waals surface area contributed by atoms with Crippen molar-refractivity contribution in [1.29, 1.82) is 0 Å². The summed E-state index contributed by atoms with van der Waals surface area (Å²) in [6, 6.07) is 7.91. The van der Waals surface area contributed by atoms with Gasteiger partial charge in [-0.1, -0.05) is 13.0 Å². The smallest absolute Gasteiger partial charge is 0.252 e. The van der Waals surface area contributed by atoms with Crippen LogP contribution in [0.1, 0.15) is 53.2 Å². The summed E-state index contributed by atoms with van der Waals surface area (Å²) in [6.07, 6.45) is 4.67. The molecule has 0 radical (unpaired) electrons. The zero-order valence-electron chi connectivity index (χ0n) is 15.4. The van der Waals surface area contributed by atoms with E-state index in [1.165, 1.54) is 11.9 Å². The molecular weight excluding hydrogens is 326 g/mol. The molecule has 1 N–H and O–H groups in total. The Kier molecular flexibility index (Phi) is 4.18. The Bertz CT molecular complexity index is 973. The van der Waals surface area contributed by atoms with Crippen molar-refractivity contribution < 1.29 is 4.79 Å². The van der Waals surface area contributed by atoms with E-state index in [0.29, 0.717) is 11.5 Å². The van der Waals surface area contributed by atoms with Gasteiger partial charge in [-0.3, -0.25) is 14.5 Å². The lowest BCUT2D eigenvalue weighted by Gasteiger charge is -2.18. The summed E-state index contributed by atoms with van der Waals surface area (Å²) in [6.45, 7) is 4.03. The molecule has 0 spiro atoms. The number of nitrogens with zero attached hydrogens (tertiary/aromatic N) is 4. The summed E-state index contributed by atoms with van der Waals surface area (Å²) >= 11 is 0. The third-order valence-corrected chi connectivity index (χ3v) is 5.06. The summed E-state index contributed by atoms with van der Waals surface area (Å²) < 4.78 is 1.74. The van der Waals surface area contributed by atoms with E-state index in [2.05, 4.69) is 39.4 Å². The van der Waals surface area contributed by atoms with E-state index in [9.17, 15) is 4.79 Å². The van der Waals surface area contributed by atoms with Gasteiger partial charge < -0.3 is 5.32 Å². The minimum Gasteiger partial charge on any atom is -0.342 e. The van der Waals surface area contributed by atoms with Crippen LogP contribution < -0.4 is 5.32 Å². The monoisotopic (exact) mass is 349 g/mol. The lowest BCUT2D eigenvalue weighted by molar-refractivity contribution is 0.0930. The Morgan fingerprint density at radius 3 is 2.81 bits per heavy atom. The molecule has 6 heteroatoms. The van der Waals surface area contributed by atoms with E-state index < -0.39 is 0 Å². The Balaban J connectivity index is 1.72. The van der Waals surface area contributed by atoms with Gasteiger partial charge in [-0.2, -0.15) is 5.10 Å². The summed E-state index contributed by atoms with van der Waals surface area (Å²) in [5, 5.41) is 8.27. The highest BCUT2D eigenvalue weighted by Gasteiger charge is 2.36. The minimum absolute atomic E-state index is 0.0753. The molecule has 0 unspecified atom stereocenters. The van der Waals surface area contributed by atoms with Gasteiger partial charge in [-0.05, 0) is 55.9 Å². The molecule has 134 valence electrons. The molecule has 1 aromatic carbocycles. The molecule has 1 atom stereocenters. The van der Waals surface area contributed by atoms with Gasteiger partial charge in [-0.15, -0.1) is 0 Å². The molecule has 1 fully saturated rings. The number of amides is 1. The highest BCUT2D eigenvalue weighted by molar-refractivity contribution is 6.06.